The zero-order chi connectivity index (χ0) is 16.3. The Morgan fingerprint density at radius 3 is 2.45 bits per heavy atom. The van der Waals surface area contributed by atoms with E-state index >= 15 is 0 Å². The van der Waals surface area contributed by atoms with Crippen LogP contribution < -0.4 is 0 Å². The number of carbonyl (C=O) groups is 2. The lowest BCUT2D eigenvalue weighted by molar-refractivity contribution is 0.0695. The van der Waals surface area contributed by atoms with E-state index in [0.29, 0.717) is 18.8 Å². The monoisotopic (exact) mass is 301 g/mol. The summed E-state index contributed by atoms with van der Waals surface area (Å²) in [5.74, 6) is -1.07. The molecule has 2 aromatic rings. The third kappa shape index (κ3) is 3.33. The molecule has 0 atom stereocenters. The number of hydrogen-bond donors (Lipinski definition) is 1. The first kappa shape index (κ1) is 15.8. The Morgan fingerprint density at radius 1 is 1.27 bits per heavy atom. The van der Waals surface area contributed by atoms with Crippen molar-refractivity contribution in [2.45, 2.75) is 26.9 Å². The second kappa shape index (κ2) is 6.43. The van der Waals surface area contributed by atoms with Crippen LogP contribution in [0.3, 0.4) is 0 Å². The summed E-state index contributed by atoms with van der Waals surface area (Å²) in [5.41, 5.74) is 2.48. The van der Waals surface area contributed by atoms with Gasteiger partial charge in [0, 0.05) is 20.1 Å². The fourth-order valence-corrected chi connectivity index (χ4v) is 2.25. The molecule has 0 saturated carbocycles. The minimum atomic E-state index is -0.960. The molecule has 116 valence electrons. The predicted molar refractivity (Wildman–Crippen MR) is 81.8 cm³/mol. The van der Waals surface area contributed by atoms with E-state index in [0.717, 1.165) is 11.3 Å². The fraction of sp³-hybridized carbons (Fsp3) is 0.312. The highest BCUT2D eigenvalue weighted by atomic mass is 16.4. The quantitative estimate of drug-likeness (QED) is 0.918. The number of carboxylic acid groups (broad SMARTS) is 1. The van der Waals surface area contributed by atoms with E-state index in [4.69, 9.17) is 5.11 Å². The van der Waals surface area contributed by atoms with Crippen LogP contribution >= 0.6 is 0 Å². The van der Waals surface area contributed by atoms with Crippen molar-refractivity contribution in [1.29, 1.82) is 0 Å². The molecule has 0 aliphatic rings. The number of amides is 1. The Labute approximate surface area is 129 Å². The van der Waals surface area contributed by atoms with Crippen molar-refractivity contribution in [3.05, 3.63) is 52.8 Å². The Hall–Kier alpha value is -2.63. The van der Waals surface area contributed by atoms with E-state index in [1.807, 2.05) is 13.8 Å². The minimum Gasteiger partial charge on any atom is -0.478 e. The molecule has 0 aliphatic carbocycles. The second-order valence-electron chi connectivity index (χ2n) is 5.15. The number of aromatic nitrogens is 2. The molecule has 0 fully saturated rings. The summed E-state index contributed by atoms with van der Waals surface area (Å²) < 4.78 is 1.68. The lowest BCUT2D eigenvalue weighted by atomic mass is 10.1. The van der Waals surface area contributed by atoms with E-state index < -0.39 is 5.97 Å². The van der Waals surface area contributed by atoms with Gasteiger partial charge in [-0.2, -0.15) is 5.10 Å². The van der Waals surface area contributed by atoms with Crippen molar-refractivity contribution in [2.24, 2.45) is 0 Å². The molecule has 1 heterocycles. The van der Waals surface area contributed by atoms with Gasteiger partial charge in [0.15, 0.2) is 0 Å². The molecule has 0 radical (unpaired) electrons. The van der Waals surface area contributed by atoms with E-state index in [-0.39, 0.29) is 11.5 Å². The molecule has 1 aromatic heterocycles. The van der Waals surface area contributed by atoms with Crippen LogP contribution in [-0.2, 0) is 13.1 Å². The van der Waals surface area contributed by atoms with E-state index in [2.05, 4.69) is 5.10 Å². The highest BCUT2D eigenvalue weighted by molar-refractivity contribution is 5.92. The Morgan fingerprint density at radius 2 is 1.91 bits per heavy atom. The van der Waals surface area contributed by atoms with Crippen molar-refractivity contribution in [3.63, 3.8) is 0 Å². The number of carbonyl (C=O) groups excluding carboxylic acids is 1. The summed E-state index contributed by atoms with van der Waals surface area (Å²) in [6.07, 6.45) is 0. The van der Waals surface area contributed by atoms with Gasteiger partial charge in [0.1, 0.15) is 5.69 Å². The van der Waals surface area contributed by atoms with Crippen molar-refractivity contribution in [3.8, 4) is 0 Å². The van der Waals surface area contributed by atoms with Crippen LogP contribution in [0, 0.1) is 6.92 Å². The lowest BCUT2D eigenvalue weighted by Crippen LogP contribution is -2.28. The molecule has 1 aromatic carbocycles. The van der Waals surface area contributed by atoms with Crippen LogP contribution in [0.1, 0.15) is 39.0 Å². The molecule has 22 heavy (non-hydrogen) atoms. The molecule has 6 heteroatoms. The Bertz CT molecular complexity index is 689. The summed E-state index contributed by atoms with van der Waals surface area (Å²) in [6.45, 7) is 4.84. The zero-order valence-corrected chi connectivity index (χ0v) is 12.9. The SMILES string of the molecule is CCn1nc(C)cc1C(=O)N(C)Cc1ccc(C(=O)O)cc1. The maximum Gasteiger partial charge on any atom is 0.335 e. The number of aryl methyl sites for hydroxylation is 2. The van der Waals surface area contributed by atoms with Gasteiger partial charge in [0.2, 0.25) is 0 Å². The Kier molecular flexibility index (Phi) is 4.60. The van der Waals surface area contributed by atoms with Gasteiger partial charge in [-0.05, 0) is 37.6 Å². The van der Waals surface area contributed by atoms with Crippen LogP contribution in [0.4, 0.5) is 0 Å². The second-order valence-corrected chi connectivity index (χ2v) is 5.15. The van der Waals surface area contributed by atoms with Gasteiger partial charge in [-0.3, -0.25) is 9.48 Å². The smallest absolute Gasteiger partial charge is 0.335 e. The molecule has 0 unspecified atom stereocenters. The first-order chi connectivity index (χ1) is 10.4. The predicted octanol–water partition coefficient (Wildman–Crippen LogP) is 2.18. The fourth-order valence-electron chi connectivity index (χ4n) is 2.25. The number of rotatable bonds is 5. The molecule has 0 spiro atoms. The number of nitrogens with zero attached hydrogens (tertiary/aromatic N) is 3. The van der Waals surface area contributed by atoms with Crippen molar-refractivity contribution in [2.75, 3.05) is 7.05 Å². The molecule has 0 bridgehead atoms. The molecule has 1 amide bonds. The molecular formula is C16H19N3O3. The molecule has 6 nitrogen and oxygen atoms in total. The van der Waals surface area contributed by atoms with Crippen molar-refractivity contribution in [1.82, 2.24) is 14.7 Å². The van der Waals surface area contributed by atoms with Gasteiger partial charge >= 0.3 is 5.97 Å². The molecule has 1 N–H and O–H groups in total. The van der Waals surface area contributed by atoms with Gasteiger partial charge in [0.05, 0.1) is 11.3 Å². The summed E-state index contributed by atoms with van der Waals surface area (Å²) in [4.78, 5) is 24.9. The third-order valence-electron chi connectivity index (χ3n) is 3.39. The van der Waals surface area contributed by atoms with Crippen LogP contribution in [0.25, 0.3) is 0 Å². The lowest BCUT2D eigenvalue weighted by Gasteiger charge is -2.17. The van der Waals surface area contributed by atoms with Crippen molar-refractivity contribution >= 4 is 11.9 Å². The average molecular weight is 301 g/mol. The first-order valence-corrected chi connectivity index (χ1v) is 7.04. The van der Waals surface area contributed by atoms with Crippen LogP contribution in [-0.4, -0.2) is 38.7 Å². The van der Waals surface area contributed by atoms with Gasteiger partial charge in [-0.15, -0.1) is 0 Å². The molecule has 0 saturated heterocycles. The minimum absolute atomic E-state index is 0.107. The number of carboxylic acids is 1. The molecule has 0 aliphatic heterocycles. The van der Waals surface area contributed by atoms with E-state index in [9.17, 15) is 9.59 Å². The van der Waals surface area contributed by atoms with E-state index in [1.165, 1.54) is 12.1 Å². The Balaban J connectivity index is 2.12. The van der Waals surface area contributed by atoms with Crippen LogP contribution in [0.2, 0.25) is 0 Å². The van der Waals surface area contributed by atoms with E-state index in [1.54, 1.807) is 34.8 Å². The number of aromatic carboxylic acids is 1. The van der Waals surface area contributed by atoms with Gasteiger partial charge < -0.3 is 10.0 Å². The first-order valence-electron chi connectivity index (χ1n) is 7.04. The third-order valence-corrected chi connectivity index (χ3v) is 3.39. The maximum absolute atomic E-state index is 12.5. The summed E-state index contributed by atoms with van der Waals surface area (Å²) in [5, 5.41) is 13.2. The van der Waals surface area contributed by atoms with Crippen LogP contribution in [0.5, 0.6) is 0 Å². The zero-order valence-electron chi connectivity index (χ0n) is 12.9. The molecule has 2 rings (SSSR count). The topological polar surface area (TPSA) is 75.4 Å². The average Bonchev–Trinajstić information content (AvgIpc) is 2.88. The van der Waals surface area contributed by atoms with Crippen molar-refractivity contribution < 1.29 is 14.7 Å². The number of hydrogen-bond acceptors (Lipinski definition) is 3. The molecular weight excluding hydrogens is 282 g/mol. The number of benzene rings is 1. The highest BCUT2D eigenvalue weighted by Crippen LogP contribution is 2.11. The largest absolute Gasteiger partial charge is 0.478 e. The standard InChI is InChI=1S/C16H19N3O3/c1-4-19-14(9-11(2)17-19)15(20)18(3)10-12-5-7-13(8-6-12)16(21)22/h5-9H,4,10H2,1-3H3,(H,21,22). The van der Waals surface area contributed by atoms with Gasteiger partial charge in [-0.1, -0.05) is 12.1 Å². The normalized spacial score (nSPS) is 10.5. The highest BCUT2D eigenvalue weighted by Gasteiger charge is 2.17. The summed E-state index contributed by atoms with van der Waals surface area (Å²) >= 11 is 0. The van der Waals surface area contributed by atoms with Gasteiger partial charge in [-0.25, -0.2) is 4.79 Å². The summed E-state index contributed by atoms with van der Waals surface area (Å²) in [6, 6.07) is 8.29. The summed E-state index contributed by atoms with van der Waals surface area (Å²) in [7, 11) is 1.72. The van der Waals surface area contributed by atoms with Gasteiger partial charge in [0.25, 0.3) is 5.91 Å². The van der Waals surface area contributed by atoms with Crippen LogP contribution in [0.15, 0.2) is 30.3 Å². The maximum atomic E-state index is 12.5.